The number of Topliss-reactive ketones (excluding diaryl/α,β-unsaturated/α-hetero) is 1. The van der Waals surface area contributed by atoms with Crippen molar-refractivity contribution in [2.45, 2.75) is 33.7 Å². The summed E-state index contributed by atoms with van der Waals surface area (Å²) in [6, 6.07) is 12.2. The van der Waals surface area contributed by atoms with E-state index in [-0.39, 0.29) is 24.1 Å². The number of rotatable bonds is 7. The first kappa shape index (κ1) is 21.3. The molecule has 1 unspecified atom stereocenters. The zero-order valence-corrected chi connectivity index (χ0v) is 17.1. The third-order valence-corrected chi connectivity index (χ3v) is 4.85. The van der Waals surface area contributed by atoms with Gasteiger partial charge in [0.15, 0.2) is 18.4 Å². The Bertz CT molecular complexity index is 872. The number of likely N-dealkylation sites (N-methyl/N-ethyl adjacent to an activating group) is 1. The van der Waals surface area contributed by atoms with E-state index in [0.29, 0.717) is 11.3 Å². The normalized spacial score (nSPS) is 12.8. The number of ketones is 1. The molecule has 0 bridgehead atoms. The van der Waals surface area contributed by atoms with Crippen molar-refractivity contribution < 1.29 is 19.3 Å². The summed E-state index contributed by atoms with van der Waals surface area (Å²) in [6.45, 7) is 7.31. The predicted molar refractivity (Wildman–Crippen MR) is 111 cm³/mol. The molecule has 0 saturated carbocycles. The molecule has 28 heavy (non-hydrogen) atoms. The van der Waals surface area contributed by atoms with Crippen LogP contribution in [-0.2, 0) is 9.59 Å². The van der Waals surface area contributed by atoms with Gasteiger partial charge >= 0.3 is 0 Å². The number of benzene rings is 2. The molecule has 0 radical (unpaired) electrons. The molecule has 0 aliphatic rings. The van der Waals surface area contributed by atoms with Crippen LogP contribution in [0.5, 0.6) is 0 Å². The maximum absolute atomic E-state index is 12.5. The van der Waals surface area contributed by atoms with Gasteiger partial charge < -0.3 is 15.5 Å². The van der Waals surface area contributed by atoms with E-state index in [4.69, 9.17) is 0 Å². The molecule has 0 aliphatic heterocycles. The van der Waals surface area contributed by atoms with Gasteiger partial charge in [-0.25, -0.2) is 0 Å². The lowest BCUT2D eigenvalue weighted by molar-refractivity contribution is -0.885. The monoisotopic (exact) mass is 382 g/mol. The molecular weight excluding hydrogens is 354 g/mol. The zero-order valence-electron chi connectivity index (χ0n) is 17.1. The lowest BCUT2D eigenvalue weighted by Gasteiger charge is -2.21. The van der Waals surface area contributed by atoms with E-state index in [1.54, 1.807) is 38.2 Å². The Labute approximate surface area is 165 Å². The maximum Gasteiger partial charge on any atom is 0.282 e. The topological polar surface area (TPSA) is 79.7 Å². The molecule has 0 fully saturated rings. The lowest BCUT2D eigenvalue weighted by Crippen LogP contribution is -3.14. The number of carbonyl (C=O) groups is 3. The fraction of sp³-hybridized carbons (Fsp3) is 0.318. The zero-order chi connectivity index (χ0) is 20.8. The number of aryl methyl sites for hydroxylation is 2. The van der Waals surface area contributed by atoms with E-state index in [1.807, 2.05) is 32.0 Å². The van der Waals surface area contributed by atoms with Gasteiger partial charge in [-0.15, -0.1) is 0 Å². The average molecular weight is 382 g/mol. The summed E-state index contributed by atoms with van der Waals surface area (Å²) in [5.74, 6) is -0.415. The van der Waals surface area contributed by atoms with Gasteiger partial charge in [0.05, 0.1) is 7.05 Å². The summed E-state index contributed by atoms with van der Waals surface area (Å²) >= 11 is 0. The molecule has 0 saturated heterocycles. The molecular formula is C22H28N3O3+. The molecule has 2 amide bonds. The predicted octanol–water partition coefficient (Wildman–Crippen LogP) is 1.99. The van der Waals surface area contributed by atoms with Crippen LogP contribution in [0.1, 0.15) is 35.3 Å². The molecule has 2 aromatic rings. The van der Waals surface area contributed by atoms with Crippen LogP contribution in [0.4, 0.5) is 11.4 Å². The summed E-state index contributed by atoms with van der Waals surface area (Å²) in [5, 5.41) is 5.76. The number of quaternary nitrogens is 1. The number of para-hydroxylation sites is 1. The van der Waals surface area contributed by atoms with Crippen LogP contribution >= 0.6 is 0 Å². The Morgan fingerprint density at radius 3 is 2.21 bits per heavy atom. The maximum atomic E-state index is 12.5. The van der Waals surface area contributed by atoms with Gasteiger partial charge in [0.1, 0.15) is 0 Å². The van der Waals surface area contributed by atoms with Crippen LogP contribution < -0.4 is 15.5 Å². The molecule has 6 nitrogen and oxygen atoms in total. The number of hydrogen-bond donors (Lipinski definition) is 3. The number of hydrogen-bond acceptors (Lipinski definition) is 3. The van der Waals surface area contributed by atoms with Gasteiger partial charge in [0, 0.05) is 16.9 Å². The highest BCUT2D eigenvalue weighted by Crippen LogP contribution is 2.18. The van der Waals surface area contributed by atoms with E-state index in [2.05, 4.69) is 10.6 Å². The molecule has 3 N–H and O–H groups in total. The molecule has 0 aliphatic carbocycles. The summed E-state index contributed by atoms with van der Waals surface area (Å²) in [5.41, 5.74) is 3.93. The first-order chi connectivity index (χ1) is 13.2. The molecule has 2 atom stereocenters. The molecule has 0 spiro atoms. The van der Waals surface area contributed by atoms with Crippen LogP contribution in [0.25, 0.3) is 0 Å². The Kier molecular flexibility index (Phi) is 7.06. The van der Waals surface area contributed by atoms with Crippen LogP contribution in [0.2, 0.25) is 0 Å². The minimum absolute atomic E-state index is 0.0601. The Balaban J connectivity index is 1.96. The van der Waals surface area contributed by atoms with Gasteiger partial charge in [-0.3, -0.25) is 14.4 Å². The second kappa shape index (κ2) is 9.28. The highest BCUT2D eigenvalue weighted by atomic mass is 16.2. The molecule has 148 valence electrons. The smallest absolute Gasteiger partial charge is 0.282 e. The van der Waals surface area contributed by atoms with E-state index in [1.165, 1.54) is 6.92 Å². The van der Waals surface area contributed by atoms with Gasteiger partial charge in [-0.2, -0.15) is 0 Å². The highest BCUT2D eigenvalue weighted by molar-refractivity contribution is 5.98. The highest BCUT2D eigenvalue weighted by Gasteiger charge is 2.24. The summed E-state index contributed by atoms with van der Waals surface area (Å²) in [7, 11) is 1.81. The summed E-state index contributed by atoms with van der Waals surface area (Å²) in [4.78, 5) is 37.2. The third-order valence-electron chi connectivity index (χ3n) is 4.85. The Morgan fingerprint density at radius 2 is 1.61 bits per heavy atom. The summed E-state index contributed by atoms with van der Waals surface area (Å²) < 4.78 is 0. The van der Waals surface area contributed by atoms with E-state index < -0.39 is 6.04 Å². The molecule has 0 heterocycles. The van der Waals surface area contributed by atoms with Gasteiger partial charge in [0.2, 0.25) is 0 Å². The quantitative estimate of drug-likeness (QED) is 0.641. The van der Waals surface area contributed by atoms with Crippen molar-refractivity contribution in [3.05, 3.63) is 59.2 Å². The SMILES string of the molecule is CC(=O)c1cccc(NC(=O)[C@@H](C)[NH+](C)CC(=O)Nc2c(C)cccc2C)c1. The van der Waals surface area contributed by atoms with Crippen molar-refractivity contribution in [3.8, 4) is 0 Å². The minimum Gasteiger partial charge on any atom is -0.321 e. The van der Waals surface area contributed by atoms with Gasteiger partial charge in [-0.05, 0) is 51.0 Å². The first-order valence-electron chi connectivity index (χ1n) is 9.29. The van der Waals surface area contributed by atoms with Crippen molar-refractivity contribution in [2.24, 2.45) is 0 Å². The van der Waals surface area contributed by atoms with Gasteiger partial charge in [-0.1, -0.05) is 30.3 Å². The van der Waals surface area contributed by atoms with Crippen LogP contribution in [0, 0.1) is 13.8 Å². The van der Waals surface area contributed by atoms with E-state index in [9.17, 15) is 14.4 Å². The number of carbonyl (C=O) groups excluding carboxylic acids is 3. The minimum atomic E-state index is -0.440. The van der Waals surface area contributed by atoms with Gasteiger partial charge in [0.25, 0.3) is 11.8 Å². The van der Waals surface area contributed by atoms with Crippen LogP contribution in [-0.4, -0.2) is 37.2 Å². The average Bonchev–Trinajstić information content (AvgIpc) is 2.64. The fourth-order valence-corrected chi connectivity index (χ4v) is 2.89. The molecule has 6 heteroatoms. The number of amides is 2. The van der Waals surface area contributed by atoms with Crippen molar-refractivity contribution >= 4 is 29.0 Å². The van der Waals surface area contributed by atoms with Crippen LogP contribution in [0.3, 0.4) is 0 Å². The Hall–Kier alpha value is -2.99. The Morgan fingerprint density at radius 1 is 1.00 bits per heavy atom. The van der Waals surface area contributed by atoms with Crippen molar-refractivity contribution in [3.63, 3.8) is 0 Å². The molecule has 2 aromatic carbocycles. The lowest BCUT2D eigenvalue weighted by atomic mass is 10.1. The molecule has 2 rings (SSSR count). The van der Waals surface area contributed by atoms with Crippen LogP contribution in [0.15, 0.2) is 42.5 Å². The fourth-order valence-electron chi connectivity index (χ4n) is 2.89. The largest absolute Gasteiger partial charge is 0.321 e. The first-order valence-corrected chi connectivity index (χ1v) is 9.29. The van der Waals surface area contributed by atoms with Crippen molar-refractivity contribution in [1.29, 1.82) is 0 Å². The second-order valence-corrected chi connectivity index (χ2v) is 7.19. The van der Waals surface area contributed by atoms with E-state index in [0.717, 1.165) is 21.7 Å². The number of nitrogens with one attached hydrogen (secondary N) is 3. The number of anilines is 2. The summed E-state index contributed by atoms with van der Waals surface area (Å²) in [6.07, 6.45) is 0. The third kappa shape index (κ3) is 5.50. The van der Waals surface area contributed by atoms with E-state index >= 15 is 0 Å². The second-order valence-electron chi connectivity index (χ2n) is 7.19. The molecule has 0 aromatic heterocycles. The standard InChI is InChI=1S/C22H27N3O3/c1-14-8-6-9-15(2)21(14)24-20(27)13-25(5)16(3)22(28)23-19-11-7-10-18(12-19)17(4)26/h6-12,16H,13H2,1-5H3,(H,23,28)(H,24,27)/p+1/t16-/m1/s1. The van der Waals surface area contributed by atoms with Crippen molar-refractivity contribution in [1.82, 2.24) is 0 Å². The van der Waals surface area contributed by atoms with Crippen molar-refractivity contribution in [2.75, 3.05) is 24.2 Å².